The number of rotatable bonds is 5. The number of nitrogens with zero attached hydrogens (tertiary/aromatic N) is 3. The summed E-state index contributed by atoms with van der Waals surface area (Å²) >= 11 is 0. The number of carbonyl (C=O) groups is 1. The molecule has 1 aliphatic carbocycles. The summed E-state index contributed by atoms with van der Waals surface area (Å²) in [5.74, 6) is 0.646. The van der Waals surface area contributed by atoms with E-state index < -0.39 is 10.0 Å². The van der Waals surface area contributed by atoms with Gasteiger partial charge < -0.3 is 9.88 Å². The average molecular weight is 440 g/mol. The van der Waals surface area contributed by atoms with Gasteiger partial charge in [0.1, 0.15) is 11.3 Å². The molecule has 1 aromatic carbocycles. The standard InChI is InChI=1S/C22H25N5O3S/c1-14-12-18(20-21(23-14)27-11-4-2-3-8-19(27)25-20)22(28)24-16-6-5-7-17(13-16)31(29,30)26-15-9-10-15/h5-7,12-13,15,26H,2-4,8-11H2,1H3,(H,24,28). The molecule has 1 saturated carbocycles. The maximum Gasteiger partial charge on any atom is 0.258 e. The van der Waals surface area contributed by atoms with Gasteiger partial charge in [-0.3, -0.25) is 4.79 Å². The van der Waals surface area contributed by atoms with Crippen LogP contribution in [0.4, 0.5) is 5.69 Å². The predicted octanol–water partition coefficient (Wildman–Crippen LogP) is 3.16. The third-order valence-corrected chi connectivity index (χ3v) is 7.26. The molecule has 9 heteroatoms. The van der Waals surface area contributed by atoms with Crippen molar-refractivity contribution in [2.75, 3.05) is 5.32 Å². The lowest BCUT2D eigenvalue weighted by Gasteiger charge is -2.10. The first-order valence-corrected chi connectivity index (χ1v) is 12.2. The first-order valence-electron chi connectivity index (χ1n) is 10.7. The van der Waals surface area contributed by atoms with Gasteiger partial charge in [0.05, 0.1) is 10.5 Å². The molecule has 1 amide bonds. The van der Waals surface area contributed by atoms with Crippen LogP contribution in [0.2, 0.25) is 0 Å². The van der Waals surface area contributed by atoms with Gasteiger partial charge in [-0.15, -0.1) is 0 Å². The summed E-state index contributed by atoms with van der Waals surface area (Å²) in [5.41, 5.74) is 2.96. The smallest absolute Gasteiger partial charge is 0.258 e. The zero-order valence-corrected chi connectivity index (χ0v) is 18.2. The van der Waals surface area contributed by atoms with Crippen LogP contribution in [0.15, 0.2) is 35.2 Å². The van der Waals surface area contributed by atoms with Crippen molar-refractivity contribution in [2.45, 2.75) is 62.9 Å². The van der Waals surface area contributed by atoms with Crippen LogP contribution in [0.1, 0.15) is 54.0 Å². The molecule has 31 heavy (non-hydrogen) atoms. The summed E-state index contributed by atoms with van der Waals surface area (Å²) in [4.78, 5) is 22.7. The predicted molar refractivity (Wildman–Crippen MR) is 118 cm³/mol. The average Bonchev–Trinajstić information content (AvgIpc) is 3.51. The largest absolute Gasteiger partial charge is 0.322 e. The third-order valence-electron chi connectivity index (χ3n) is 5.74. The Balaban J connectivity index is 1.46. The second-order valence-electron chi connectivity index (χ2n) is 8.35. The van der Waals surface area contributed by atoms with E-state index in [0.717, 1.165) is 55.8 Å². The number of hydrogen-bond donors (Lipinski definition) is 2. The fourth-order valence-electron chi connectivity index (χ4n) is 4.02. The first kappa shape index (κ1) is 20.1. The minimum absolute atomic E-state index is 0.0208. The van der Waals surface area contributed by atoms with E-state index in [1.54, 1.807) is 18.2 Å². The number of anilines is 1. The van der Waals surface area contributed by atoms with E-state index in [0.29, 0.717) is 16.8 Å². The highest BCUT2D eigenvalue weighted by atomic mass is 32.2. The minimum atomic E-state index is -3.59. The third kappa shape index (κ3) is 4.07. The highest BCUT2D eigenvalue weighted by Gasteiger charge is 2.28. The van der Waals surface area contributed by atoms with Crippen molar-refractivity contribution in [3.05, 3.63) is 47.4 Å². The molecule has 2 N–H and O–H groups in total. The number of benzene rings is 1. The Morgan fingerprint density at radius 1 is 1.13 bits per heavy atom. The van der Waals surface area contributed by atoms with E-state index in [1.165, 1.54) is 18.6 Å². The topological polar surface area (TPSA) is 106 Å². The van der Waals surface area contributed by atoms with Gasteiger partial charge in [0, 0.05) is 30.4 Å². The molecule has 1 aliphatic heterocycles. The summed E-state index contributed by atoms with van der Waals surface area (Å²) in [6.45, 7) is 2.72. The van der Waals surface area contributed by atoms with Crippen molar-refractivity contribution in [3.8, 4) is 0 Å². The van der Waals surface area contributed by atoms with Crippen LogP contribution in [-0.4, -0.2) is 34.9 Å². The lowest BCUT2D eigenvalue weighted by molar-refractivity contribution is 0.102. The monoisotopic (exact) mass is 439 g/mol. The summed E-state index contributed by atoms with van der Waals surface area (Å²) in [7, 11) is -3.59. The van der Waals surface area contributed by atoms with Crippen LogP contribution in [0, 0.1) is 6.92 Å². The van der Waals surface area contributed by atoms with Crippen molar-refractivity contribution >= 4 is 32.8 Å². The van der Waals surface area contributed by atoms with Crippen LogP contribution in [0.3, 0.4) is 0 Å². The molecular formula is C22H25N5O3S. The second-order valence-corrected chi connectivity index (χ2v) is 10.1. The molecule has 8 nitrogen and oxygen atoms in total. The van der Waals surface area contributed by atoms with Crippen LogP contribution in [0.5, 0.6) is 0 Å². The highest BCUT2D eigenvalue weighted by Crippen LogP contribution is 2.26. The van der Waals surface area contributed by atoms with Crippen LogP contribution < -0.4 is 10.0 Å². The number of imidazole rings is 1. The molecule has 5 rings (SSSR count). The fourth-order valence-corrected chi connectivity index (χ4v) is 5.37. The number of fused-ring (bicyclic) bond motifs is 3. The summed E-state index contributed by atoms with van der Waals surface area (Å²) in [5, 5.41) is 2.84. The van der Waals surface area contributed by atoms with Gasteiger partial charge in [0.15, 0.2) is 5.65 Å². The van der Waals surface area contributed by atoms with E-state index in [1.807, 2.05) is 6.92 Å². The normalized spacial score (nSPS) is 16.7. The van der Waals surface area contributed by atoms with Crippen LogP contribution >= 0.6 is 0 Å². The van der Waals surface area contributed by atoms with Crippen LogP contribution in [-0.2, 0) is 23.0 Å². The van der Waals surface area contributed by atoms with Gasteiger partial charge in [-0.2, -0.15) is 0 Å². The molecule has 0 atom stereocenters. The Hall–Kier alpha value is -2.78. The number of aromatic nitrogens is 3. The number of nitrogens with one attached hydrogen (secondary N) is 2. The van der Waals surface area contributed by atoms with Gasteiger partial charge in [0.25, 0.3) is 5.91 Å². The summed E-state index contributed by atoms with van der Waals surface area (Å²) in [6.07, 6.45) is 5.93. The van der Waals surface area contributed by atoms with Gasteiger partial charge in [-0.05, 0) is 56.9 Å². The van der Waals surface area contributed by atoms with E-state index >= 15 is 0 Å². The molecule has 2 aliphatic rings. The molecular weight excluding hydrogens is 414 g/mol. The lowest BCUT2D eigenvalue weighted by Crippen LogP contribution is -2.25. The number of aryl methyl sites for hydroxylation is 3. The van der Waals surface area contributed by atoms with Crippen molar-refractivity contribution in [1.82, 2.24) is 19.3 Å². The molecule has 0 spiro atoms. The molecule has 0 bridgehead atoms. The Labute approximate surface area is 181 Å². The molecule has 2 aromatic heterocycles. The zero-order valence-electron chi connectivity index (χ0n) is 17.4. The molecule has 0 radical (unpaired) electrons. The Morgan fingerprint density at radius 2 is 1.97 bits per heavy atom. The Kier molecular flexibility index (Phi) is 5.02. The van der Waals surface area contributed by atoms with E-state index in [4.69, 9.17) is 4.98 Å². The molecule has 0 unspecified atom stereocenters. The SMILES string of the molecule is Cc1cc(C(=O)Nc2cccc(S(=O)(=O)NC3CC3)c2)c2nc3n(c2n1)CCCCC3. The molecule has 3 aromatic rings. The number of carbonyl (C=O) groups excluding carboxylic acids is 1. The molecule has 1 fully saturated rings. The van der Waals surface area contributed by atoms with E-state index in [9.17, 15) is 13.2 Å². The number of pyridine rings is 1. The minimum Gasteiger partial charge on any atom is -0.322 e. The van der Waals surface area contributed by atoms with Gasteiger partial charge >= 0.3 is 0 Å². The quantitative estimate of drug-likeness (QED) is 0.635. The number of sulfonamides is 1. The van der Waals surface area contributed by atoms with Crippen molar-refractivity contribution in [3.63, 3.8) is 0 Å². The van der Waals surface area contributed by atoms with Gasteiger partial charge in [0.2, 0.25) is 10.0 Å². The maximum atomic E-state index is 13.2. The van der Waals surface area contributed by atoms with E-state index in [2.05, 4.69) is 19.6 Å². The molecule has 3 heterocycles. The van der Waals surface area contributed by atoms with Crippen molar-refractivity contribution < 1.29 is 13.2 Å². The summed E-state index contributed by atoms with van der Waals surface area (Å²) < 4.78 is 29.8. The van der Waals surface area contributed by atoms with Crippen molar-refractivity contribution in [1.29, 1.82) is 0 Å². The Bertz CT molecular complexity index is 1280. The molecule has 162 valence electrons. The van der Waals surface area contributed by atoms with Gasteiger partial charge in [-0.1, -0.05) is 12.5 Å². The number of amides is 1. The summed E-state index contributed by atoms with van der Waals surface area (Å²) in [6, 6.07) is 8.08. The first-order chi connectivity index (χ1) is 14.9. The van der Waals surface area contributed by atoms with Crippen molar-refractivity contribution in [2.24, 2.45) is 0 Å². The highest BCUT2D eigenvalue weighted by molar-refractivity contribution is 7.89. The van der Waals surface area contributed by atoms with Gasteiger partial charge in [-0.25, -0.2) is 23.1 Å². The fraction of sp³-hybridized carbons (Fsp3) is 0.409. The lowest BCUT2D eigenvalue weighted by atomic mass is 10.1. The maximum absolute atomic E-state index is 13.2. The zero-order chi connectivity index (χ0) is 21.6. The molecule has 0 saturated heterocycles. The van der Waals surface area contributed by atoms with Crippen LogP contribution in [0.25, 0.3) is 11.2 Å². The Morgan fingerprint density at radius 3 is 2.77 bits per heavy atom. The second kappa shape index (κ2) is 7.72. The number of hydrogen-bond acceptors (Lipinski definition) is 5. The van der Waals surface area contributed by atoms with E-state index in [-0.39, 0.29) is 16.8 Å².